The zero-order valence-corrected chi connectivity index (χ0v) is 16.6. The third-order valence-corrected chi connectivity index (χ3v) is 4.37. The van der Waals surface area contributed by atoms with Crippen molar-refractivity contribution in [2.24, 2.45) is 0 Å². The first kappa shape index (κ1) is 19.4. The molecule has 0 saturated heterocycles. The molecule has 3 aromatic rings. The number of nitrogens with one attached hydrogen (secondary N) is 1. The molecule has 0 aliphatic heterocycles. The van der Waals surface area contributed by atoms with Gasteiger partial charge in [-0.1, -0.05) is 0 Å². The molecule has 0 aliphatic rings. The summed E-state index contributed by atoms with van der Waals surface area (Å²) in [6.45, 7) is 2.72. The second-order valence-corrected chi connectivity index (χ2v) is 6.38. The van der Waals surface area contributed by atoms with Crippen molar-refractivity contribution < 1.29 is 9.47 Å². The highest BCUT2D eigenvalue weighted by molar-refractivity contribution is 5.67. The van der Waals surface area contributed by atoms with Gasteiger partial charge in [-0.05, 0) is 43.2 Å². The maximum absolute atomic E-state index is 5.44. The number of aromatic nitrogens is 3. The van der Waals surface area contributed by atoms with Gasteiger partial charge in [0.2, 0.25) is 0 Å². The number of pyridine rings is 1. The van der Waals surface area contributed by atoms with Gasteiger partial charge < -0.3 is 19.7 Å². The first-order chi connectivity index (χ1) is 13.6. The third-order valence-electron chi connectivity index (χ3n) is 4.37. The van der Waals surface area contributed by atoms with E-state index in [0.29, 0.717) is 17.4 Å². The summed E-state index contributed by atoms with van der Waals surface area (Å²) in [5.41, 5.74) is 2.03. The molecule has 2 heterocycles. The Morgan fingerprint density at radius 2 is 1.79 bits per heavy atom. The number of methoxy groups -OCH3 is 2. The van der Waals surface area contributed by atoms with Gasteiger partial charge in [0.15, 0.2) is 0 Å². The highest BCUT2D eigenvalue weighted by Gasteiger charge is 2.10. The molecular formula is C21H25N5O2. The Labute approximate surface area is 165 Å². The van der Waals surface area contributed by atoms with E-state index in [1.165, 1.54) is 5.56 Å². The van der Waals surface area contributed by atoms with Gasteiger partial charge >= 0.3 is 0 Å². The van der Waals surface area contributed by atoms with Crippen LogP contribution in [0.15, 0.2) is 48.8 Å². The van der Waals surface area contributed by atoms with Crippen LogP contribution in [-0.4, -0.2) is 42.8 Å². The van der Waals surface area contributed by atoms with Gasteiger partial charge in [-0.3, -0.25) is 4.98 Å². The molecule has 0 atom stereocenters. The van der Waals surface area contributed by atoms with Crippen molar-refractivity contribution in [3.63, 3.8) is 0 Å². The Morgan fingerprint density at radius 3 is 2.50 bits per heavy atom. The van der Waals surface area contributed by atoms with Crippen LogP contribution < -0.4 is 19.7 Å². The largest absolute Gasteiger partial charge is 0.497 e. The average Bonchev–Trinajstić information content (AvgIpc) is 2.72. The molecule has 28 heavy (non-hydrogen) atoms. The van der Waals surface area contributed by atoms with Crippen LogP contribution in [0.4, 0.5) is 17.3 Å². The van der Waals surface area contributed by atoms with Crippen LogP contribution in [0, 0.1) is 6.92 Å². The molecule has 7 heteroatoms. The van der Waals surface area contributed by atoms with Crippen LogP contribution in [0.5, 0.6) is 11.5 Å². The SMILES string of the molecule is COc1ccc(OC)c(Nc2cc(N(C)CCc3ccncc3)nc(C)n2)c1. The Balaban J connectivity index is 1.78. The van der Waals surface area contributed by atoms with Crippen molar-refractivity contribution in [2.45, 2.75) is 13.3 Å². The fourth-order valence-corrected chi connectivity index (χ4v) is 2.82. The van der Waals surface area contributed by atoms with E-state index in [1.807, 2.05) is 62.8 Å². The monoisotopic (exact) mass is 379 g/mol. The molecule has 0 radical (unpaired) electrons. The van der Waals surface area contributed by atoms with Crippen molar-refractivity contribution in [2.75, 3.05) is 38.0 Å². The maximum atomic E-state index is 5.44. The maximum Gasteiger partial charge on any atom is 0.142 e. The fraction of sp³-hybridized carbons (Fsp3) is 0.286. The Hall–Kier alpha value is -3.35. The quantitative estimate of drug-likeness (QED) is 0.641. The second-order valence-electron chi connectivity index (χ2n) is 6.38. The molecule has 1 aromatic carbocycles. The van der Waals surface area contributed by atoms with Crippen molar-refractivity contribution in [1.29, 1.82) is 0 Å². The predicted molar refractivity (Wildman–Crippen MR) is 111 cm³/mol. The van der Waals surface area contributed by atoms with Crippen molar-refractivity contribution in [1.82, 2.24) is 15.0 Å². The second kappa shape index (κ2) is 9.03. The highest BCUT2D eigenvalue weighted by Crippen LogP contribution is 2.31. The topological polar surface area (TPSA) is 72.4 Å². The van der Waals surface area contributed by atoms with E-state index < -0.39 is 0 Å². The third kappa shape index (κ3) is 4.88. The summed E-state index contributed by atoms with van der Waals surface area (Å²) < 4.78 is 10.7. The molecule has 0 amide bonds. The summed E-state index contributed by atoms with van der Waals surface area (Å²) >= 11 is 0. The highest BCUT2D eigenvalue weighted by atomic mass is 16.5. The normalized spacial score (nSPS) is 10.4. The zero-order chi connectivity index (χ0) is 19.9. The van der Waals surface area contributed by atoms with Crippen LogP contribution in [0.25, 0.3) is 0 Å². The van der Waals surface area contributed by atoms with E-state index in [-0.39, 0.29) is 0 Å². The molecule has 146 valence electrons. The molecule has 0 fully saturated rings. The minimum Gasteiger partial charge on any atom is -0.497 e. The summed E-state index contributed by atoms with van der Waals surface area (Å²) in [5, 5.41) is 3.32. The average molecular weight is 379 g/mol. The smallest absolute Gasteiger partial charge is 0.142 e. The minimum atomic E-state index is 0.692. The molecule has 7 nitrogen and oxygen atoms in total. The Bertz CT molecular complexity index is 918. The lowest BCUT2D eigenvalue weighted by Crippen LogP contribution is -2.22. The first-order valence-electron chi connectivity index (χ1n) is 9.04. The number of rotatable bonds is 8. The predicted octanol–water partition coefficient (Wildman–Crippen LogP) is 3.62. The number of benzene rings is 1. The summed E-state index contributed by atoms with van der Waals surface area (Å²) in [4.78, 5) is 15.3. The van der Waals surface area contributed by atoms with E-state index in [4.69, 9.17) is 9.47 Å². The summed E-state index contributed by atoms with van der Waals surface area (Å²) in [6.07, 6.45) is 4.54. The summed E-state index contributed by atoms with van der Waals surface area (Å²) in [6, 6.07) is 11.6. The van der Waals surface area contributed by atoms with Crippen LogP contribution in [0.3, 0.4) is 0 Å². The molecule has 0 unspecified atom stereocenters. The number of aryl methyl sites for hydroxylation is 1. The Kier molecular flexibility index (Phi) is 6.26. The van der Waals surface area contributed by atoms with Gasteiger partial charge in [-0.25, -0.2) is 9.97 Å². The first-order valence-corrected chi connectivity index (χ1v) is 9.04. The lowest BCUT2D eigenvalue weighted by Gasteiger charge is -2.20. The Morgan fingerprint density at radius 1 is 1.00 bits per heavy atom. The molecule has 0 saturated carbocycles. The standard InChI is InChI=1S/C21H25N5O2/c1-15-23-20(25-18-13-17(27-3)5-6-19(18)28-4)14-21(24-15)26(2)12-9-16-7-10-22-11-8-16/h5-8,10-11,13-14H,9,12H2,1-4H3,(H,23,24,25). The fourth-order valence-electron chi connectivity index (χ4n) is 2.82. The van der Waals surface area contributed by atoms with Crippen molar-refractivity contribution >= 4 is 17.3 Å². The molecule has 0 bridgehead atoms. The van der Waals surface area contributed by atoms with Crippen LogP contribution >= 0.6 is 0 Å². The molecule has 2 aromatic heterocycles. The van der Waals surface area contributed by atoms with Gasteiger partial charge in [0.1, 0.15) is 29.0 Å². The minimum absolute atomic E-state index is 0.692. The van der Waals surface area contributed by atoms with Crippen LogP contribution in [0.1, 0.15) is 11.4 Å². The molecule has 0 spiro atoms. The van der Waals surface area contributed by atoms with E-state index in [0.717, 1.165) is 30.2 Å². The number of nitrogens with zero attached hydrogens (tertiary/aromatic N) is 4. The lowest BCUT2D eigenvalue weighted by atomic mass is 10.2. The van der Waals surface area contributed by atoms with Gasteiger partial charge in [0, 0.05) is 38.1 Å². The number of hydrogen-bond acceptors (Lipinski definition) is 7. The van der Waals surface area contributed by atoms with Crippen LogP contribution in [0.2, 0.25) is 0 Å². The lowest BCUT2D eigenvalue weighted by molar-refractivity contribution is 0.405. The number of hydrogen-bond donors (Lipinski definition) is 1. The molecule has 3 rings (SSSR count). The van der Waals surface area contributed by atoms with E-state index in [2.05, 4.69) is 25.2 Å². The molecule has 1 N–H and O–H groups in total. The van der Waals surface area contributed by atoms with Gasteiger partial charge in [-0.2, -0.15) is 0 Å². The molecule has 0 aliphatic carbocycles. The zero-order valence-electron chi connectivity index (χ0n) is 16.6. The number of likely N-dealkylation sites (N-methyl/N-ethyl adjacent to an activating group) is 1. The number of ether oxygens (including phenoxy) is 2. The number of anilines is 3. The molecular weight excluding hydrogens is 354 g/mol. The van der Waals surface area contributed by atoms with Crippen molar-refractivity contribution in [3.05, 3.63) is 60.2 Å². The summed E-state index contributed by atoms with van der Waals surface area (Å²) in [5.74, 6) is 3.70. The van der Waals surface area contributed by atoms with E-state index >= 15 is 0 Å². The van der Waals surface area contributed by atoms with E-state index in [9.17, 15) is 0 Å². The van der Waals surface area contributed by atoms with Gasteiger partial charge in [-0.15, -0.1) is 0 Å². The van der Waals surface area contributed by atoms with Gasteiger partial charge in [0.25, 0.3) is 0 Å². The van der Waals surface area contributed by atoms with Gasteiger partial charge in [0.05, 0.1) is 19.9 Å². The summed E-state index contributed by atoms with van der Waals surface area (Å²) in [7, 11) is 5.30. The van der Waals surface area contributed by atoms with Crippen LogP contribution in [-0.2, 0) is 6.42 Å². The van der Waals surface area contributed by atoms with Crippen molar-refractivity contribution in [3.8, 4) is 11.5 Å². The van der Waals surface area contributed by atoms with E-state index in [1.54, 1.807) is 14.2 Å².